The number of para-hydroxylation sites is 1. The Morgan fingerprint density at radius 1 is 1.43 bits per heavy atom. The molecule has 112 valence electrons. The van der Waals surface area contributed by atoms with E-state index in [0.29, 0.717) is 17.9 Å². The van der Waals surface area contributed by atoms with Gasteiger partial charge in [-0.1, -0.05) is 25.5 Å². The Bertz CT molecular complexity index is 624. The van der Waals surface area contributed by atoms with Crippen molar-refractivity contribution in [3.8, 4) is 5.75 Å². The molecule has 0 saturated heterocycles. The van der Waals surface area contributed by atoms with Crippen LogP contribution in [0.1, 0.15) is 41.5 Å². The number of aromatic hydroxyl groups is 1. The van der Waals surface area contributed by atoms with Crippen LogP contribution >= 0.6 is 0 Å². The molecule has 2 aromatic rings. The summed E-state index contributed by atoms with van der Waals surface area (Å²) in [4.78, 5) is 12.0. The summed E-state index contributed by atoms with van der Waals surface area (Å²) >= 11 is 0. The summed E-state index contributed by atoms with van der Waals surface area (Å²) in [6.45, 7) is 4.46. The summed E-state index contributed by atoms with van der Waals surface area (Å²) in [7, 11) is 0. The molecule has 0 atom stereocenters. The lowest BCUT2D eigenvalue weighted by atomic mass is 10.1. The molecule has 0 fully saturated rings. The number of nitrogens with zero attached hydrogens (tertiary/aromatic N) is 4. The van der Waals surface area contributed by atoms with Crippen molar-refractivity contribution in [2.75, 3.05) is 0 Å². The summed E-state index contributed by atoms with van der Waals surface area (Å²) in [6, 6.07) is 4.93. The molecule has 0 aliphatic heterocycles. The third-order valence-electron chi connectivity index (χ3n) is 3.12. The van der Waals surface area contributed by atoms with Crippen LogP contribution in [0, 0.1) is 6.92 Å². The molecule has 0 bridgehead atoms. The maximum absolute atomic E-state index is 12.0. The number of ether oxygens (including phenoxy) is 1. The summed E-state index contributed by atoms with van der Waals surface area (Å²) in [5.74, 6) is -0.168. The van der Waals surface area contributed by atoms with Crippen molar-refractivity contribution in [1.29, 1.82) is 0 Å². The first-order chi connectivity index (χ1) is 10.1. The van der Waals surface area contributed by atoms with Crippen LogP contribution in [0.2, 0.25) is 0 Å². The van der Waals surface area contributed by atoms with Crippen molar-refractivity contribution in [1.82, 2.24) is 20.2 Å². The van der Waals surface area contributed by atoms with E-state index in [2.05, 4.69) is 22.4 Å². The van der Waals surface area contributed by atoms with E-state index in [9.17, 15) is 9.90 Å². The van der Waals surface area contributed by atoms with E-state index in [1.165, 1.54) is 6.07 Å². The van der Waals surface area contributed by atoms with Crippen molar-refractivity contribution in [2.45, 2.75) is 39.8 Å². The average Bonchev–Trinajstić information content (AvgIpc) is 2.93. The summed E-state index contributed by atoms with van der Waals surface area (Å²) in [6.07, 6.45) is 1.97. The molecular weight excluding hydrogens is 272 g/mol. The van der Waals surface area contributed by atoms with Gasteiger partial charge in [-0.25, -0.2) is 9.48 Å². The van der Waals surface area contributed by atoms with E-state index in [1.54, 1.807) is 23.7 Å². The highest BCUT2D eigenvalue weighted by atomic mass is 16.5. The van der Waals surface area contributed by atoms with Gasteiger partial charge in [0, 0.05) is 6.54 Å². The summed E-state index contributed by atoms with van der Waals surface area (Å²) < 4.78 is 6.78. The van der Waals surface area contributed by atoms with Gasteiger partial charge in [-0.3, -0.25) is 0 Å². The number of aromatic nitrogens is 4. The number of carbonyl (C=O) groups is 1. The number of phenolic OH excluding ortho intramolecular Hbond substituents is 1. The highest BCUT2D eigenvalue weighted by Crippen LogP contribution is 2.22. The maximum atomic E-state index is 12.0. The first kappa shape index (κ1) is 15.0. The highest BCUT2D eigenvalue weighted by molar-refractivity contribution is 5.92. The van der Waals surface area contributed by atoms with Crippen LogP contribution in [-0.2, 0) is 17.9 Å². The zero-order valence-corrected chi connectivity index (χ0v) is 12.1. The highest BCUT2D eigenvalue weighted by Gasteiger charge is 2.15. The molecular formula is C14H18N4O3. The second-order valence-corrected chi connectivity index (χ2v) is 4.72. The maximum Gasteiger partial charge on any atom is 0.342 e. The molecule has 1 aromatic heterocycles. The van der Waals surface area contributed by atoms with Crippen LogP contribution in [-0.4, -0.2) is 31.3 Å². The van der Waals surface area contributed by atoms with E-state index in [4.69, 9.17) is 4.74 Å². The number of rotatable bonds is 6. The van der Waals surface area contributed by atoms with Crippen LogP contribution in [0.25, 0.3) is 0 Å². The molecule has 0 amide bonds. The Morgan fingerprint density at radius 3 is 3.00 bits per heavy atom. The number of aryl methyl sites for hydroxylation is 2. The number of esters is 1. The molecule has 21 heavy (non-hydrogen) atoms. The molecule has 0 saturated carbocycles. The molecule has 0 aliphatic carbocycles. The molecule has 7 heteroatoms. The molecule has 2 rings (SSSR count). The molecule has 0 aliphatic rings. The van der Waals surface area contributed by atoms with Crippen LogP contribution in [0.3, 0.4) is 0 Å². The predicted octanol–water partition coefficient (Wildman–Crippen LogP) is 1.84. The molecule has 7 nitrogen and oxygen atoms in total. The Morgan fingerprint density at radius 2 is 2.24 bits per heavy atom. The first-order valence-electron chi connectivity index (χ1n) is 6.84. The van der Waals surface area contributed by atoms with Crippen molar-refractivity contribution in [3.63, 3.8) is 0 Å². The van der Waals surface area contributed by atoms with Gasteiger partial charge in [0.05, 0.1) is 0 Å². The van der Waals surface area contributed by atoms with Gasteiger partial charge >= 0.3 is 5.97 Å². The number of unbranched alkanes of at least 4 members (excludes halogenated alkanes) is 1. The van der Waals surface area contributed by atoms with Gasteiger partial charge in [0.2, 0.25) is 0 Å². The van der Waals surface area contributed by atoms with E-state index in [1.807, 2.05) is 0 Å². The Labute approximate surface area is 122 Å². The SMILES string of the molecule is CCCCn1nnnc1COC(=O)c1cccc(C)c1O. The van der Waals surface area contributed by atoms with E-state index in [-0.39, 0.29) is 17.9 Å². The van der Waals surface area contributed by atoms with Crippen molar-refractivity contribution >= 4 is 5.97 Å². The Hall–Kier alpha value is -2.44. The lowest BCUT2D eigenvalue weighted by molar-refractivity contribution is 0.0453. The second kappa shape index (κ2) is 6.83. The standard InChI is InChI=1S/C14H18N4O3/c1-3-4-8-18-12(15-16-17-18)9-21-14(20)11-7-5-6-10(2)13(11)19/h5-7,19H,3-4,8-9H2,1-2H3. The lowest BCUT2D eigenvalue weighted by Gasteiger charge is -2.08. The number of carbonyl (C=O) groups excluding carboxylic acids is 1. The van der Waals surface area contributed by atoms with Gasteiger partial charge < -0.3 is 9.84 Å². The van der Waals surface area contributed by atoms with Crippen LogP contribution < -0.4 is 0 Å². The molecule has 0 unspecified atom stereocenters. The Balaban J connectivity index is 2.01. The monoisotopic (exact) mass is 290 g/mol. The molecule has 1 N–H and O–H groups in total. The summed E-state index contributed by atoms with van der Waals surface area (Å²) in [5.41, 5.74) is 0.764. The normalized spacial score (nSPS) is 10.6. The minimum Gasteiger partial charge on any atom is -0.507 e. The number of phenols is 1. The van der Waals surface area contributed by atoms with Crippen LogP contribution in [0.5, 0.6) is 5.75 Å². The van der Waals surface area contributed by atoms with E-state index in [0.717, 1.165) is 12.8 Å². The molecule has 1 heterocycles. The van der Waals surface area contributed by atoms with Gasteiger partial charge in [0.1, 0.15) is 11.3 Å². The Kier molecular flexibility index (Phi) is 4.86. The third-order valence-corrected chi connectivity index (χ3v) is 3.12. The smallest absolute Gasteiger partial charge is 0.342 e. The van der Waals surface area contributed by atoms with E-state index >= 15 is 0 Å². The number of hydrogen-bond donors (Lipinski definition) is 1. The topological polar surface area (TPSA) is 90.1 Å². The third kappa shape index (κ3) is 3.56. The zero-order chi connectivity index (χ0) is 15.2. The van der Waals surface area contributed by atoms with Crippen molar-refractivity contribution in [3.05, 3.63) is 35.2 Å². The fourth-order valence-electron chi connectivity index (χ4n) is 1.84. The second-order valence-electron chi connectivity index (χ2n) is 4.72. The minimum atomic E-state index is -0.596. The lowest BCUT2D eigenvalue weighted by Crippen LogP contribution is -2.11. The van der Waals surface area contributed by atoms with Gasteiger partial charge in [0.15, 0.2) is 12.4 Å². The van der Waals surface area contributed by atoms with Gasteiger partial charge in [0.25, 0.3) is 0 Å². The first-order valence-corrected chi connectivity index (χ1v) is 6.84. The molecule has 0 radical (unpaired) electrons. The number of tetrazole rings is 1. The average molecular weight is 290 g/mol. The van der Waals surface area contributed by atoms with Gasteiger partial charge in [-0.15, -0.1) is 5.10 Å². The summed E-state index contributed by atoms with van der Waals surface area (Å²) in [5, 5.41) is 21.1. The number of benzene rings is 1. The fourth-order valence-corrected chi connectivity index (χ4v) is 1.84. The fraction of sp³-hybridized carbons (Fsp3) is 0.429. The minimum absolute atomic E-state index is 0.0249. The van der Waals surface area contributed by atoms with Crippen molar-refractivity contribution in [2.24, 2.45) is 0 Å². The van der Waals surface area contributed by atoms with Gasteiger partial charge in [-0.05, 0) is 35.4 Å². The quantitative estimate of drug-likeness (QED) is 0.816. The molecule has 1 aromatic carbocycles. The van der Waals surface area contributed by atoms with Crippen LogP contribution in [0.15, 0.2) is 18.2 Å². The zero-order valence-electron chi connectivity index (χ0n) is 12.1. The van der Waals surface area contributed by atoms with Crippen LogP contribution in [0.4, 0.5) is 0 Å². The van der Waals surface area contributed by atoms with E-state index < -0.39 is 5.97 Å². The number of hydrogen-bond acceptors (Lipinski definition) is 6. The van der Waals surface area contributed by atoms with Gasteiger partial charge in [-0.2, -0.15) is 0 Å². The largest absolute Gasteiger partial charge is 0.507 e. The molecule has 0 spiro atoms. The predicted molar refractivity (Wildman–Crippen MR) is 74.7 cm³/mol. The van der Waals surface area contributed by atoms with Crippen molar-refractivity contribution < 1.29 is 14.6 Å².